The fourth-order valence-electron chi connectivity index (χ4n) is 4.21. The van der Waals surface area contributed by atoms with Crippen LogP contribution < -0.4 is 10.2 Å². The molecule has 1 N–H and O–H groups in total. The van der Waals surface area contributed by atoms with Crippen LogP contribution in [0.5, 0.6) is 0 Å². The zero-order chi connectivity index (χ0) is 22.8. The number of nitrogens with zero attached hydrogens (tertiary/aromatic N) is 6. The Bertz CT molecular complexity index is 1230. The third kappa shape index (κ3) is 3.05. The van der Waals surface area contributed by atoms with Crippen molar-refractivity contribution in [3.63, 3.8) is 0 Å². The Morgan fingerprint density at radius 3 is 2.66 bits per heavy atom. The van der Waals surface area contributed by atoms with Crippen molar-refractivity contribution < 1.29 is 26.7 Å². The summed E-state index contributed by atoms with van der Waals surface area (Å²) in [6, 6.07) is 1.28. The zero-order valence-electron chi connectivity index (χ0n) is 15.9. The highest BCUT2D eigenvalue weighted by Crippen LogP contribution is 2.61. The highest BCUT2D eigenvalue weighted by molar-refractivity contribution is 6.29. The Morgan fingerprint density at radius 1 is 1.25 bits per heavy atom. The number of hydrogen-bond acceptors (Lipinski definition) is 5. The molecule has 32 heavy (non-hydrogen) atoms. The topological polar surface area (TPSA) is 88.3 Å². The normalized spacial score (nSPS) is 20.8. The molecule has 1 saturated carbocycles. The van der Waals surface area contributed by atoms with Crippen molar-refractivity contribution in [3.05, 3.63) is 41.1 Å². The van der Waals surface area contributed by atoms with Crippen molar-refractivity contribution in [2.45, 2.75) is 30.9 Å². The molecule has 168 valence electrons. The van der Waals surface area contributed by atoms with Gasteiger partial charge in [-0.05, 0) is 24.8 Å². The van der Waals surface area contributed by atoms with Gasteiger partial charge in [-0.25, -0.2) is 23.1 Å². The third-order valence-electron chi connectivity index (χ3n) is 5.73. The lowest BCUT2D eigenvalue weighted by atomic mass is 9.80. The zero-order valence-corrected chi connectivity index (χ0v) is 16.7. The van der Waals surface area contributed by atoms with Gasteiger partial charge in [0.1, 0.15) is 11.1 Å². The molecule has 8 nitrogen and oxygen atoms in total. The second-order valence-electron chi connectivity index (χ2n) is 7.66. The molecule has 1 atom stereocenters. The summed E-state index contributed by atoms with van der Waals surface area (Å²) in [5, 5.41) is 12.9. The van der Waals surface area contributed by atoms with Crippen molar-refractivity contribution in [1.29, 1.82) is 0 Å². The number of alkyl halides is 5. The van der Waals surface area contributed by atoms with Crippen LogP contribution in [0.2, 0.25) is 5.15 Å². The van der Waals surface area contributed by atoms with E-state index in [0.29, 0.717) is 12.8 Å². The van der Waals surface area contributed by atoms with Crippen molar-refractivity contribution in [1.82, 2.24) is 24.8 Å². The summed E-state index contributed by atoms with van der Waals surface area (Å²) in [4.78, 5) is 18.0. The molecule has 0 unspecified atom stereocenters. The largest absolute Gasteiger partial charge is 0.402 e. The van der Waals surface area contributed by atoms with Gasteiger partial charge in [0.05, 0.1) is 29.5 Å². The molecule has 0 spiro atoms. The van der Waals surface area contributed by atoms with E-state index in [1.54, 1.807) is 0 Å². The minimum absolute atomic E-state index is 0.0388. The summed E-state index contributed by atoms with van der Waals surface area (Å²) in [5.74, 6) is -0.749. The van der Waals surface area contributed by atoms with E-state index in [1.807, 2.05) is 0 Å². The van der Waals surface area contributed by atoms with Gasteiger partial charge in [0.2, 0.25) is 0 Å². The number of anilines is 2. The van der Waals surface area contributed by atoms with E-state index in [1.165, 1.54) is 6.07 Å². The molecule has 1 aliphatic heterocycles. The highest BCUT2D eigenvalue weighted by Gasteiger charge is 2.69. The minimum atomic E-state index is -4.70. The number of nitrogens with one attached hydrogen (secondary N) is 1. The maximum absolute atomic E-state index is 14.6. The van der Waals surface area contributed by atoms with E-state index in [9.17, 15) is 26.7 Å². The van der Waals surface area contributed by atoms with Crippen LogP contribution in [0.3, 0.4) is 0 Å². The van der Waals surface area contributed by atoms with E-state index in [4.69, 9.17) is 11.6 Å². The van der Waals surface area contributed by atoms with E-state index in [0.717, 1.165) is 27.9 Å². The van der Waals surface area contributed by atoms with Gasteiger partial charge >= 0.3 is 12.2 Å². The van der Waals surface area contributed by atoms with Crippen LogP contribution in [0.4, 0.5) is 38.1 Å². The summed E-state index contributed by atoms with van der Waals surface area (Å²) in [6.07, 6.45) is -4.79. The number of carbonyl (C=O) groups excluding carboxylic acids is 1. The fourth-order valence-corrected chi connectivity index (χ4v) is 4.38. The first-order chi connectivity index (χ1) is 15.1. The first-order valence-electron chi connectivity index (χ1n) is 9.42. The predicted octanol–water partition coefficient (Wildman–Crippen LogP) is 4.37. The Kier molecular flexibility index (Phi) is 4.52. The van der Waals surface area contributed by atoms with Crippen molar-refractivity contribution in [2.75, 3.05) is 16.8 Å². The monoisotopic (exact) mass is 473 g/mol. The Hall–Kier alpha value is -3.09. The van der Waals surface area contributed by atoms with Crippen LogP contribution in [0, 0.1) is 5.92 Å². The molecule has 0 saturated heterocycles. The van der Waals surface area contributed by atoms with Gasteiger partial charge in [-0.2, -0.15) is 23.4 Å². The Balaban J connectivity index is 1.61. The van der Waals surface area contributed by atoms with E-state index in [-0.39, 0.29) is 27.9 Å². The van der Waals surface area contributed by atoms with Gasteiger partial charge in [-0.3, -0.25) is 4.90 Å². The molecule has 1 aliphatic carbocycles. The van der Waals surface area contributed by atoms with Crippen LogP contribution in [0.15, 0.2) is 24.5 Å². The molecule has 2 aliphatic rings. The predicted molar refractivity (Wildman–Crippen MR) is 102 cm³/mol. The van der Waals surface area contributed by atoms with Crippen molar-refractivity contribution in [3.8, 4) is 0 Å². The number of hydrogen-bond donors (Lipinski definition) is 1. The highest BCUT2D eigenvalue weighted by atomic mass is 35.5. The first kappa shape index (κ1) is 20.8. The quantitative estimate of drug-likeness (QED) is 0.571. The van der Waals surface area contributed by atoms with Gasteiger partial charge in [-0.1, -0.05) is 11.6 Å². The Morgan fingerprint density at radius 2 is 2.00 bits per heavy atom. The lowest BCUT2D eigenvalue weighted by Gasteiger charge is -2.32. The standard InChI is InChI=1S/C18H13ClF5N7O/c19-12-4-13-25-6-11-14(31(13)29-12)17(8-1-2-8,18(22,23)24)7-30(11)16(32)27-9-3-10(15(20)21)28-26-5-9/h3-6,8,15H,1-2,7H2,(H,27,28,32)/t17-/m0/s1. The van der Waals surface area contributed by atoms with Crippen molar-refractivity contribution >= 4 is 34.7 Å². The van der Waals surface area contributed by atoms with Gasteiger partial charge in [0, 0.05) is 12.6 Å². The summed E-state index contributed by atoms with van der Waals surface area (Å²) >= 11 is 5.91. The molecule has 3 aromatic heterocycles. The smallest absolute Gasteiger partial charge is 0.306 e. The molecule has 2 amide bonds. The number of fused-ring (bicyclic) bond motifs is 3. The molecule has 3 aromatic rings. The molecule has 0 aromatic carbocycles. The number of rotatable bonds is 3. The number of carbonyl (C=O) groups is 1. The Labute approximate surface area is 181 Å². The summed E-state index contributed by atoms with van der Waals surface area (Å²) in [5.41, 5.74) is -3.38. The SMILES string of the molecule is O=C(Nc1cnnc(C(F)F)c1)N1C[C@@](C2CC2)(C(F)(F)F)c2c1cnc1cc(Cl)nn21. The number of urea groups is 1. The second kappa shape index (κ2) is 6.95. The fraction of sp³-hybridized carbons (Fsp3) is 0.389. The van der Waals surface area contributed by atoms with Gasteiger partial charge in [0.15, 0.2) is 10.8 Å². The third-order valence-corrected chi connectivity index (χ3v) is 5.91. The molecule has 0 bridgehead atoms. The molecule has 14 heteroatoms. The van der Waals surface area contributed by atoms with Crippen LogP contribution in [-0.2, 0) is 5.41 Å². The summed E-state index contributed by atoms with van der Waals surface area (Å²) < 4.78 is 70.5. The van der Waals surface area contributed by atoms with Crippen LogP contribution in [0.1, 0.15) is 30.7 Å². The maximum atomic E-state index is 14.6. The summed E-state index contributed by atoms with van der Waals surface area (Å²) in [6.45, 7) is -0.708. The van der Waals surface area contributed by atoms with Crippen molar-refractivity contribution in [2.24, 2.45) is 5.92 Å². The van der Waals surface area contributed by atoms with Crippen LogP contribution in [-0.4, -0.2) is 43.5 Å². The van der Waals surface area contributed by atoms with E-state index in [2.05, 4.69) is 25.6 Å². The molecular formula is C18H13ClF5N7O. The molecule has 4 heterocycles. The summed E-state index contributed by atoms with van der Waals surface area (Å²) in [7, 11) is 0. The number of amides is 2. The van der Waals surface area contributed by atoms with E-state index >= 15 is 0 Å². The molecule has 1 fully saturated rings. The average Bonchev–Trinajstić information content (AvgIpc) is 3.39. The molecule has 5 rings (SSSR count). The maximum Gasteiger partial charge on any atom is 0.402 e. The van der Waals surface area contributed by atoms with Crippen LogP contribution >= 0.6 is 11.6 Å². The lowest BCUT2D eigenvalue weighted by molar-refractivity contribution is -0.193. The van der Waals surface area contributed by atoms with Gasteiger partial charge < -0.3 is 5.32 Å². The average molecular weight is 474 g/mol. The minimum Gasteiger partial charge on any atom is -0.306 e. The van der Waals surface area contributed by atoms with Gasteiger partial charge in [0.25, 0.3) is 6.43 Å². The number of aromatic nitrogens is 5. The molecular weight excluding hydrogens is 461 g/mol. The number of halogens is 6. The first-order valence-corrected chi connectivity index (χ1v) is 9.80. The van der Waals surface area contributed by atoms with E-state index < -0.39 is 42.2 Å². The van der Waals surface area contributed by atoms with Crippen LogP contribution in [0.25, 0.3) is 5.65 Å². The second-order valence-corrected chi connectivity index (χ2v) is 8.05. The lowest BCUT2D eigenvalue weighted by Crippen LogP contribution is -2.50. The van der Waals surface area contributed by atoms with Gasteiger partial charge in [-0.15, -0.1) is 5.10 Å². The molecule has 0 radical (unpaired) electrons.